The van der Waals surface area contributed by atoms with Gasteiger partial charge >= 0.3 is 5.97 Å². The number of nitrogens with one attached hydrogen (secondary N) is 1. The Labute approximate surface area is 122 Å². The van der Waals surface area contributed by atoms with E-state index in [0.717, 1.165) is 0 Å². The molecular formula is C12H11BrN4O3. The summed E-state index contributed by atoms with van der Waals surface area (Å²) in [5.41, 5.74) is 0.526. The molecule has 0 radical (unpaired) electrons. The quantitative estimate of drug-likeness (QED) is 0.814. The number of pyridine rings is 1. The Bertz CT molecular complexity index is 656. The maximum atomic E-state index is 12.0. The Kier molecular flexibility index (Phi) is 4.14. The van der Waals surface area contributed by atoms with Gasteiger partial charge in [-0.05, 0) is 28.1 Å². The summed E-state index contributed by atoms with van der Waals surface area (Å²) in [5.74, 6) is -1.73. The van der Waals surface area contributed by atoms with E-state index >= 15 is 0 Å². The molecule has 0 fully saturated rings. The van der Waals surface area contributed by atoms with E-state index in [9.17, 15) is 14.7 Å². The van der Waals surface area contributed by atoms with Crippen LogP contribution in [-0.4, -0.2) is 31.7 Å². The maximum Gasteiger partial charge on any atom is 0.331 e. The second-order valence-electron chi connectivity index (χ2n) is 4.04. The number of nitrogens with zero attached hydrogens (tertiary/aromatic N) is 3. The first-order valence-corrected chi connectivity index (χ1v) is 6.41. The number of carboxylic acids is 1. The van der Waals surface area contributed by atoms with Crippen molar-refractivity contribution in [1.29, 1.82) is 0 Å². The Morgan fingerprint density at radius 3 is 2.75 bits per heavy atom. The molecule has 8 heteroatoms. The molecule has 0 spiro atoms. The molecule has 2 rings (SSSR count). The van der Waals surface area contributed by atoms with Gasteiger partial charge in [-0.15, -0.1) is 0 Å². The lowest BCUT2D eigenvalue weighted by molar-refractivity contribution is -0.139. The van der Waals surface area contributed by atoms with Gasteiger partial charge in [-0.3, -0.25) is 9.48 Å². The van der Waals surface area contributed by atoms with Crippen molar-refractivity contribution in [2.45, 2.75) is 6.04 Å². The molecule has 7 nitrogen and oxygen atoms in total. The van der Waals surface area contributed by atoms with E-state index in [-0.39, 0.29) is 5.69 Å². The molecule has 0 aliphatic carbocycles. The van der Waals surface area contributed by atoms with Crippen LogP contribution in [0, 0.1) is 0 Å². The van der Waals surface area contributed by atoms with Gasteiger partial charge in [0, 0.05) is 18.8 Å². The monoisotopic (exact) mass is 338 g/mol. The molecule has 1 atom stereocenters. The highest BCUT2D eigenvalue weighted by molar-refractivity contribution is 9.10. The molecule has 0 aliphatic rings. The van der Waals surface area contributed by atoms with Gasteiger partial charge in [-0.1, -0.05) is 6.07 Å². The third-order valence-electron chi connectivity index (χ3n) is 2.53. The van der Waals surface area contributed by atoms with Crippen LogP contribution in [0.2, 0.25) is 0 Å². The zero-order valence-corrected chi connectivity index (χ0v) is 12.0. The van der Waals surface area contributed by atoms with Crippen LogP contribution < -0.4 is 5.32 Å². The molecular weight excluding hydrogens is 328 g/mol. The van der Waals surface area contributed by atoms with Crippen molar-refractivity contribution in [3.8, 4) is 0 Å². The lowest BCUT2D eigenvalue weighted by Crippen LogP contribution is -2.34. The van der Waals surface area contributed by atoms with Crippen LogP contribution in [0.3, 0.4) is 0 Å². The van der Waals surface area contributed by atoms with Gasteiger partial charge in [-0.2, -0.15) is 5.10 Å². The van der Waals surface area contributed by atoms with Crippen LogP contribution in [0.5, 0.6) is 0 Å². The molecule has 0 aliphatic heterocycles. The summed E-state index contributed by atoms with van der Waals surface area (Å²) < 4.78 is 1.97. The Balaban J connectivity index is 2.21. The number of aryl methyl sites for hydroxylation is 1. The Morgan fingerprint density at radius 2 is 2.20 bits per heavy atom. The van der Waals surface area contributed by atoms with Gasteiger partial charge in [0.05, 0.1) is 6.20 Å². The minimum absolute atomic E-state index is 0.134. The van der Waals surface area contributed by atoms with Gasteiger partial charge in [0.15, 0.2) is 6.04 Å². The molecule has 0 bridgehead atoms. The van der Waals surface area contributed by atoms with Crippen LogP contribution in [0.4, 0.5) is 0 Å². The first kappa shape index (κ1) is 14.2. The smallest absolute Gasteiger partial charge is 0.331 e. The number of carbonyl (C=O) groups excluding carboxylic acids is 1. The van der Waals surface area contributed by atoms with Crippen molar-refractivity contribution >= 4 is 27.8 Å². The first-order valence-electron chi connectivity index (χ1n) is 5.62. The van der Waals surface area contributed by atoms with Crippen LogP contribution in [-0.2, 0) is 11.8 Å². The summed E-state index contributed by atoms with van der Waals surface area (Å²) >= 11 is 3.15. The lowest BCUT2D eigenvalue weighted by Gasteiger charge is -2.12. The van der Waals surface area contributed by atoms with Gasteiger partial charge in [0.2, 0.25) is 0 Å². The largest absolute Gasteiger partial charge is 0.479 e. The van der Waals surface area contributed by atoms with Gasteiger partial charge in [-0.25, -0.2) is 9.78 Å². The second kappa shape index (κ2) is 5.83. The number of hydrogen-bond donors (Lipinski definition) is 2. The summed E-state index contributed by atoms with van der Waals surface area (Å²) in [6.45, 7) is 0. The fourth-order valence-corrected chi connectivity index (χ4v) is 1.96. The summed E-state index contributed by atoms with van der Waals surface area (Å²) in [6, 6.07) is 3.65. The van der Waals surface area contributed by atoms with E-state index in [4.69, 9.17) is 0 Å². The molecule has 0 saturated heterocycles. The number of amides is 1. The van der Waals surface area contributed by atoms with E-state index in [1.807, 2.05) is 0 Å². The fourth-order valence-electron chi connectivity index (χ4n) is 1.62. The fraction of sp³-hybridized carbons (Fsp3) is 0.167. The Hall–Kier alpha value is -2.22. The van der Waals surface area contributed by atoms with Crippen molar-refractivity contribution in [2.75, 3.05) is 0 Å². The normalized spacial score (nSPS) is 11.9. The number of carbonyl (C=O) groups is 2. The minimum atomic E-state index is -1.17. The molecule has 2 aromatic rings. The molecule has 1 amide bonds. The predicted molar refractivity (Wildman–Crippen MR) is 73.0 cm³/mol. The standard InChI is InChI=1S/C12H11BrN4O3/c1-17-6-7(5-14-17)10(12(19)20)16-11(18)8-3-2-4-9(13)15-8/h2-6,10H,1H3,(H,16,18)(H,19,20). The van der Waals surface area contributed by atoms with Crippen LogP contribution in [0.25, 0.3) is 0 Å². The van der Waals surface area contributed by atoms with Gasteiger partial charge < -0.3 is 10.4 Å². The summed E-state index contributed by atoms with van der Waals surface area (Å²) in [7, 11) is 1.67. The van der Waals surface area contributed by atoms with Crippen molar-refractivity contribution < 1.29 is 14.7 Å². The summed E-state index contributed by atoms with van der Waals surface area (Å²) in [6.07, 6.45) is 2.93. The molecule has 2 heterocycles. The highest BCUT2D eigenvalue weighted by atomic mass is 79.9. The van der Waals surface area contributed by atoms with Crippen molar-refractivity contribution in [1.82, 2.24) is 20.1 Å². The molecule has 104 valence electrons. The number of halogens is 1. The average Bonchev–Trinajstić information content (AvgIpc) is 2.81. The Morgan fingerprint density at radius 1 is 1.45 bits per heavy atom. The van der Waals surface area contributed by atoms with Crippen molar-refractivity contribution in [3.05, 3.63) is 46.5 Å². The van der Waals surface area contributed by atoms with E-state index in [2.05, 4.69) is 31.3 Å². The van der Waals surface area contributed by atoms with E-state index < -0.39 is 17.9 Å². The molecule has 0 aromatic carbocycles. The number of aromatic nitrogens is 3. The predicted octanol–water partition coefficient (Wildman–Crippen LogP) is 1.13. The van der Waals surface area contributed by atoms with Crippen LogP contribution >= 0.6 is 15.9 Å². The third-order valence-corrected chi connectivity index (χ3v) is 2.97. The van der Waals surface area contributed by atoms with E-state index in [1.54, 1.807) is 19.2 Å². The molecule has 0 saturated carbocycles. The van der Waals surface area contributed by atoms with Crippen LogP contribution in [0.15, 0.2) is 35.2 Å². The maximum absolute atomic E-state index is 12.0. The SMILES string of the molecule is Cn1cc(C(NC(=O)c2cccc(Br)n2)C(=O)O)cn1. The summed E-state index contributed by atoms with van der Waals surface area (Å²) in [5, 5.41) is 15.5. The highest BCUT2D eigenvalue weighted by Crippen LogP contribution is 2.13. The number of carboxylic acid groups (broad SMARTS) is 1. The number of rotatable bonds is 4. The van der Waals surface area contributed by atoms with E-state index in [1.165, 1.54) is 23.1 Å². The molecule has 2 aromatic heterocycles. The first-order chi connectivity index (χ1) is 9.47. The van der Waals surface area contributed by atoms with Gasteiger partial charge in [0.1, 0.15) is 10.3 Å². The lowest BCUT2D eigenvalue weighted by atomic mass is 10.1. The molecule has 20 heavy (non-hydrogen) atoms. The molecule has 1 unspecified atom stereocenters. The topological polar surface area (TPSA) is 97.1 Å². The average molecular weight is 339 g/mol. The third kappa shape index (κ3) is 3.21. The highest BCUT2D eigenvalue weighted by Gasteiger charge is 2.24. The zero-order valence-electron chi connectivity index (χ0n) is 10.4. The van der Waals surface area contributed by atoms with Crippen molar-refractivity contribution in [2.24, 2.45) is 7.05 Å². The number of aliphatic carboxylic acids is 1. The number of hydrogen-bond acceptors (Lipinski definition) is 4. The summed E-state index contributed by atoms with van der Waals surface area (Å²) in [4.78, 5) is 27.2. The second-order valence-corrected chi connectivity index (χ2v) is 4.85. The van der Waals surface area contributed by atoms with E-state index in [0.29, 0.717) is 10.2 Å². The van der Waals surface area contributed by atoms with Gasteiger partial charge in [0.25, 0.3) is 5.91 Å². The zero-order chi connectivity index (χ0) is 14.7. The minimum Gasteiger partial charge on any atom is -0.479 e. The molecule has 2 N–H and O–H groups in total. The van der Waals surface area contributed by atoms with Crippen LogP contribution in [0.1, 0.15) is 22.1 Å². The van der Waals surface area contributed by atoms with Crippen molar-refractivity contribution in [3.63, 3.8) is 0 Å².